The number of amides is 1. The molecule has 0 atom stereocenters. The van der Waals surface area contributed by atoms with E-state index in [0.717, 1.165) is 46.2 Å². The summed E-state index contributed by atoms with van der Waals surface area (Å²) in [4.78, 5) is 24.9. The molecule has 8 nitrogen and oxygen atoms in total. The van der Waals surface area contributed by atoms with Crippen LogP contribution in [-0.4, -0.2) is 28.9 Å². The summed E-state index contributed by atoms with van der Waals surface area (Å²) in [5, 5.41) is 16.1. The molecule has 0 unspecified atom stereocenters. The molecule has 1 amide bonds. The zero-order valence-electron chi connectivity index (χ0n) is 21.9. The van der Waals surface area contributed by atoms with Crippen LogP contribution in [0.25, 0.3) is 22.5 Å². The van der Waals surface area contributed by atoms with E-state index in [-0.39, 0.29) is 19.2 Å². The van der Waals surface area contributed by atoms with Crippen LogP contribution in [0, 0.1) is 6.92 Å². The normalized spacial score (nSPS) is 13.5. The van der Waals surface area contributed by atoms with Crippen molar-refractivity contribution in [2.24, 2.45) is 0 Å². The summed E-state index contributed by atoms with van der Waals surface area (Å²) in [5.41, 5.74) is 5.76. The zero-order valence-corrected chi connectivity index (χ0v) is 21.9. The number of esters is 1. The van der Waals surface area contributed by atoms with Crippen LogP contribution in [0.2, 0.25) is 0 Å². The Morgan fingerprint density at radius 2 is 1.59 bits per heavy atom. The Bertz CT molecular complexity index is 1470. The van der Waals surface area contributed by atoms with Gasteiger partial charge in [0, 0.05) is 5.56 Å². The van der Waals surface area contributed by atoms with Gasteiger partial charge in [-0.15, -0.1) is 0 Å². The predicted octanol–water partition coefficient (Wildman–Crippen LogP) is 6.15. The topological polar surface area (TPSA) is 111 Å². The third-order valence-electron chi connectivity index (χ3n) is 6.97. The molecule has 200 valence electrons. The van der Waals surface area contributed by atoms with Crippen LogP contribution in [0.5, 0.6) is 0 Å². The van der Waals surface area contributed by atoms with Gasteiger partial charge in [0.05, 0.1) is 18.6 Å². The van der Waals surface area contributed by atoms with Crippen LogP contribution in [-0.2, 0) is 32.9 Å². The van der Waals surface area contributed by atoms with Crippen molar-refractivity contribution in [3.8, 4) is 22.5 Å². The molecule has 8 heteroatoms. The number of aryl methyl sites for hydroxylation is 1. The van der Waals surface area contributed by atoms with E-state index in [1.165, 1.54) is 0 Å². The average Bonchev–Trinajstić information content (AvgIpc) is 3.71. The molecular formula is C31H30N2O6. The summed E-state index contributed by atoms with van der Waals surface area (Å²) in [7, 11) is 0. The Labute approximate surface area is 226 Å². The first-order chi connectivity index (χ1) is 18.9. The Balaban J connectivity index is 1.26. The third kappa shape index (κ3) is 5.56. The van der Waals surface area contributed by atoms with Crippen LogP contribution in [0.3, 0.4) is 0 Å². The largest absolute Gasteiger partial charge is 0.465 e. The molecule has 0 aliphatic heterocycles. The number of ether oxygens (including phenoxy) is 2. The minimum absolute atomic E-state index is 0.0632. The fourth-order valence-electron chi connectivity index (χ4n) is 4.62. The van der Waals surface area contributed by atoms with E-state index in [1.54, 1.807) is 25.1 Å². The fraction of sp³-hybridized carbons (Fsp3) is 0.258. The van der Waals surface area contributed by atoms with Gasteiger partial charge in [-0.3, -0.25) is 10.1 Å². The number of nitrogens with zero attached hydrogens (tertiary/aromatic N) is 1. The lowest BCUT2D eigenvalue weighted by Gasteiger charge is -2.14. The number of carbonyl (C=O) groups excluding carboxylic acids is 2. The maximum Gasteiger partial charge on any atom is 0.412 e. The molecule has 4 aromatic rings. The van der Waals surface area contributed by atoms with Crippen LogP contribution < -0.4 is 5.32 Å². The number of aliphatic hydroxyl groups is 1. The summed E-state index contributed by atoms with van der Waals surface area (Å²) < 4.78 is 16.2. The van der Waals surface area contributed by atoms with Crippen molar-refractivity contribution in [2.75, 3.05) is 11.9 Å². The summed E-state index contributed by atoms with van der Waals surface area (Å²) in [6, 6.07) is 23.0. The maximum atomic E-state index is 12.5. The molecule has 0 saturated heterocycles. The molecule has 1 aliphatic carbocycles. The predicted molar refractivity (Wildman–Crippen MR) is 146 cm³/mol. The SMILES string of the molecule is CCOC(=O)C1(c2ccc(-c3ccc(-c4onc(C)c4NC(=O)OCc4cccc(CO)c4)cc3)cc2)CC1. The third-order valence-corrected chi connectivity index (χ3v) is 6.97. The lowest BCUT2D eigenvalue weighted by atomic mass is 9.93. The molecule has 1 aromatic heterocycles. The highest BCUT2D eigenvalue weighted by atomic mass is 16.5. The van der Waals surface area contributed by atoms with E-state index in [0.29, 0.717) is 23.7 Å². The molecule has 2 N–H and O–H groups in total. The fourth-order valence-corrected chi connectivity index (χ4v) is 4.62. The second-order valence-corrected chi connectivity index (χ2v) is 9.61. The lowest BCUT2D eigenvalue weighted by Crippen LogP contribution is -2.23. The molecule has 0 spiro atoms. The monoisotopic (exact) mass is 526 g/mol. The van der Waals surface area contributed by atoms with Crippen LogP contribution in [0.4, 0.5) is 10.5 Å². The molecule has 1 saturated carbocycles. The van der Waals surface area contributed by atoms with Gasteiger partial charge in [0.2, 0.25) is 0 Å². The van der Waals surface area contributed by atoms with Crippen LogP contribution in [0.1, 0.15) is 42.1 Å². The minimum Gasteiger partial charge on any atom is -0.465 e. The summed E-state index contributed by atoms with van der Waals surface area (Å²) in [5.74, 6) is 0.285. The highest BCUT2D eigenvalue weighted by Crippen LogP contribution is 2.49. The number of hydrogen-bond donors (Lipinski definition) is 2. The van der Waals surface area contributed by atoms with Gasteiger partial charge in [-0.1, -0.05) is 78.0 Å². The van der Waals surface area contributed by atoms with E-state index >= 15 is 0 Å². The van der Waals surface area contributed by atoms with Gasteiger partial charge >= 0.3 is 12.1 Å². The maximum absolute atomic E-state index is 12.5. The number of aliphatic hydroxyl groups excluding tert-OH is 1. The number of hydrogen-bond acceptors (Lipinski definition) is 7. The molecule has 1 fully saturated rings. The van der Waals surface area contributed by atoms with Gasteiger partial charge in [0.25, 0.3) is 0 Å². The average molecular weight is 527 g/mol. The minimum atomic E-state index is -0.634. The van der Waals surface area contributed by atoms with Gasteiger partial charge in [-0.2, -0.15) is 0 Å². The molecule has 0 radical (unpaired) electrons. The van der Waals surface area contributed by atoms with E-state index in [9.17, 15) is 14.7 Å². The Morgan fingerprint density at radius 3 is 2.23 bits per heavy atom. The van der Waals surface area contributed by atoms with Crippen molar-refractivity contribution >= 4 is 17.7 Å². The van der Waals surface area contributed by atoms with Crippen molar-refractivity contribution in [3.05, 3.63) is 95.2 Å². The van der Waals surface area contributed by atoms with E-state index in [2.05, 4.69) is 10.5 Å². The highest BCUT2D eigenvalue weighted by molar-refractivity contribution is 5.91. The molecule has 1 heterocycles. The molecular weight excluding hydrogens is 496 g/mol. The van der Waals surface area contributed by atoms with Crippen molar-refractivity contribution in [1.29, 1.82) is 0 Å². The number of nitrogens with one attached hydrogen (secondary N) is 1. The van der Waals surface area contributed by atoms with Gasteiger partial charge in [-0.25, -0.2) is 4.79 Å². The first kappa shape index (κ1) is 26.2. The van der Waals surface area contributed by atoms with Gasteiger partial charge in [0.1, 0.15) is 18.0 Å². The number of aromatic nitrogens is 1. The number of benzene rings is 3. The highest BCUT2D eigenvalue weighted by Gasteiger charge is 2.52. The van der Waals surface area contributed by atoms with Gasteiger partial charge in [-0.05, 0) is 54.5 Å². The quantitative estimate of drug-likeness (QED) is 0.252. The molecule has 1 aliphatic rings. The molecule has 3 aromatic carbocycles. The standard InChI is InChI=1S/C31H30N2O6/c1-3-37-29(35)31(15-16-31)26-13-11-24(12-14-26)23-7-9-25(10-8-23)28-27(20(2)33-39-28)32-30(36)38-19-22-6-4-5-21(17-22)18-34/h4-14,17,34H,3,15-16,18-19H2,1-2H3,(H,32,36). The van der Waals surface area contributed by atoms with Crippen molar-refractivity contribution in [1.82, 2.24) is 5.16 Å². The van der Waals surface area contributed by atoms with E-state index in [4.69, 9.17) is 14.0 Å². The van der Waals surface area contributed by atoms with E-state index in [1.807, 2.05) is 61.5 Å². The second-order valence-electron chi connectivity index (χ2n) is 9.61. The van der Waals surface area contributed by atoms with Gasteiger partial charge in [0.15, 0.2) is 5.76 Å². The van der Waals surface area contributed by atoms with Crippen LogP contribution >= 0.6 is 0 Å². The van der Waals surface area contributed by atoms with Crippen molar-refractivity contribution in [3.63, 3.8) is 0 Å². The lowest BCUT2D eigenvalue weighted by molar-refractivity contribution is -0.146. The zero-order chi connectivity index (χ0) is 27.4. The summed E-state index contributed by atoms with van der Waals surface area (Å²) in [6.45, 7) is 3.93. The molecule has 0 bridgehead atoms. The molecule has 39 heavy (non-hydrogen) atoms. The Hall–Kier alpha value is -4.43. The van der Waals surface area contributed by atoms with Gasteiger partial charge < -0.3 is 19.1 Å². The summed E-state index contributed by atoms with van der Waals surface area (Å²) >= 11 is 0. The first-order valence-electron chi connectivity index (χ1n) is 12.9. The Morgan fingerprint density at radius 1 is 0.949 bits per heavy atom. The summed E-state index contributed by atoms with van der Waals surface area (Å²) in [6.07, 6.45) is 0.999. The number of rotatable bonds is 9. The number of carbonyl (C=O) groups is 2. The Kier molecular flexibility index (Phi) is 7.47. The number of anilines is 1. The molecule has 5 rings (SSSR count). The first-order valence-corrected chi connectivity index (χ1v) is 12.9. The van der Waals surface area contributed by atoms with Crippen molar-refractivity contribution < 1.29 is 28.7 Å². The smallest absolute Gasteiger partial charge is 0.412 e. The second kappa shape index (κ2) is 11.1. The van der Waals surface area contributed by atoms with E-state index < -0.39 is 11.5 Å². The van der Waals surface area contributed by atoms with Crippen molar-refractivity contribution in [2.45, 2.75) is 45.3 Å². The van der Waals surface area contributed by atoms with Crippen LogP contribution in [0.15, 0.2) is 77.3 Å².